The normalized spacial score (nSPS) is 14.9. The minimum absolute atomic E-state index is 0.125. The van der Waals surface area contributed by atoms with Crippen LogP contribution in [-0.4, -0.2) is 30.1 Å². The van der Waals surface area contributed by atoms with E-state index in [0.717, 1.165) is 12.2 Å². The molecule has 0 radical (unpaired) electrons. The Bertz CT molecular complexity index is 153. The van der Waals surface area contributed by atoms with E-state index in [1.54, 1.807) is 0 Å². The van der Waals surface area contributed by atoms with Crippen molar-refractivity contribution in [1.29, 1.82) is 0 Å². The van der Waals surface area contributed by atoms with Crippen LogP contribution in [0.4, 0.5) is 0 Å². The molecule has 0 amide bonds. The summed E-state index contributed by atoms with van der Waals surface area (Å²) in [7, 11) is 0. The molecule has 0 bridgehead atoms. The first kappa shape index (κ1) is 12.8. The molecule has 0 aliphatic carbocycles. The highest BCUT2D eigenvalue weighted by Crippen LogP contribution is 2.03. The van der Waals surface area contributed by atoms with E-state index in [2.05, 4.69) is 18.2 Å². The van der Waals surface area contributed by atoms with Gasteiger partial charge in [-0.2, -0.15) is 11.8 Å². The van der Waals surface area contributed by atoms with E-state index >= 15 is 0 Å². The van der Waals surface area contributed by atoms with Crippen LogP contribution in [0.1, 0.15) is 20.3 Å². The fourth-order valence-corrected chi connectivity index (χ4v) is 1.78. The number of hydrogen-bond acceptors (Lipinski definition) is 3. The number of hydrogen-bond donors (Lipinski definition) is 2. The van der Waals surface area contributed by atoms with Crippen LogP contribution in [0.15, 0.2) is 0 Å². The second-order valence-corrected chi connectivity index (χ2v) is 4.37. The first-order chi connectivity index (χ1) is 6.24. The minimum Gasteiger partial charge on any atom is -0.329 e. The number of nitrogens with one attached hydrogen (secondary N) is 1. The third-order valence-corrected chi connectivity index (χ3v) is 2.77. The lowest BCUT2D eigenvalue weighted by Gasteiger charge is -2.18. The molecule has 3 heteroatoms. The Kier molecular flexibility index (Phi) is 8.32. The van der Waals surface area contributed by atoms with E-state index in [0.29, 0.717) is 12.6 Å². The molecule has 0 aromatic heterocycles. The first-order valence-electron chi connectivity index (χ1n) is 4.74. The van der Waals surface area contributed by atoms with Crippen molar-refractivity contribution >= 4 is 11.8 Å². The topological polar surface area (TPSA) is 38.0 Å². The van der Waals surface area contributed by atoms with Crippen molar-refractivity contribution in [3.8, 4) is 12.3 Å². The van der Waals surface area contributed by atoms with Gasteiger partial charge in [0.15, 0.2) is 0 Å². The smallest absolute Gasteiger partial charge is 0.0660 e. The molecule has 3 N–H and O–H groups in total. The second-order valence-electron chi connectivity index (χ2n) is 2.97. The van der Waals surface area contributed by atoms with Crippen molar-refractivity contribution in [3.05, 3.63) is 0 Å². The van der Waals surface area contributed by atoms with Gasteiger partial charge in [0.1, 0.15) is 0 Å². The van der Waals surface area contributed by atoms with Crippen molar-refractivity contribution < 1.29 is 0 Å². The summed E-state index contributed by atoms with van der Waals surface area (Å²) in [6.07, 6.45) is 6.37. The molecule has 0 aliphatic heterocycles. The average Bonchev–Trinajstić information content (AvgIpc) is 2.16. The van der Waals surface area contributed by atoms with Crippen molar-refractivity contribution in [2.24, 2.45) is 5.73 Å². The predicted molar refractivity (Wildman–Crippen MR) is 61.9 cm³/mol. The van der Waals surface area contributed by atoms with Crippen LogP contribution in [0.2, 0.25) is 0 Å². The van der Waals surface area contributed by atoms with Crippen LogP contribution in [0.25, 0.3) is 0 Å². The summed E-state index contributed by atoms with van der Waals surface area (Å²) in [4.78, 5) is 0. The highest BCUT2D eigenvalue weighted by molar-refractivity contribution is 7.99. The Balaban J connectivity index is 3.58. The van der Waals surface area contributed by atoms with Gasteiger partial charge < -0.3 is 5.73 Å². The molecule has 2 nitrogen and oxygen atoms in total. The first-order valence-corrected chi connectivity index (χ1v) is 5.90. The summed E-state index contributed by atoms with van der Waals surface area (Å²) >= 11 is 1.94. The maximum atomic E-state index is 5.62. The van der Waals surface area contributed by atoms with Crippen LogP contribution in [-0.2, 0) is 0 Å². The third-order valence-electron chi connectivity index (χ3n) is 1.83. The lowest BCUT2D eigenvalue weighted by atomic mass is 10.2. The van der Waals surface area contributed by atoms with E-state index in [1.165, 1.54) is 5.75 Å². The summed E-state index contributed by atoms with van der Waals surface area (Å²) in [5, 5.41) is 3.30. The molecule has 0 aliphatic rings. The van der Waals surface area contributed by atoms with E-state index in [4.69, 9.17) is 12.2 Å². The highest BCUT2D eigenvalue weighted by atomic mass is 32.2. The molecule has 0 aromatic carbocycles. The fourth-order valence-electron chi connectivity index (χ4n) is 1.04. The molecular weight excluding hydrogens is 180 g/mol. The Labute approximate surface area is 86.0 Å². The maximum absolute atomic E-state index is 5.62. The number of rotatable bonds is 7. The zero-order valence-corrected chi connectivity index (χ0v) is 9.36. The van der Waals surface area contributed by atoms with Crippen molar-refractivity contribution in [3.63, 3.8) is 0 Å². The largest absolute Gasteiger partial charge is 0.329 e. The average molecular weight is 200 g/mol. The van der Waals surface area contributed by atoms with Crippen molar-refractivity contribution in [1.82, 2.24) is 5.32 Å². The molecule has 0 fully saturated rings. The molecule has 13 heavy (non-hydrogen) atoms. The third kappa shape index (κ3) is 6.94. The van der Waals surface area contributed by atoms with Gasteiger partial charge in [0.05, 0.1) is 6.04 Å². The van der Waals surface area contributed by atoms with E-state index < -0.39 is 0 Å². The zero-order chi connectivity index (χ0) is 10.1. The monoisotopic (exact) mass is 200 g/mol. The summed E-state index contributed by atoms with van der Waals surface area (Å²) in [5.74, 6) is 4.97. The summed E-state index contributed by atoms with van der Waals surface area (Å²) in [6, 6.07) is 0.491. The molecule has 0 saturated heterocycles. The molecule has 2 atom stereocenters. The van der Waals surface area contributed by atoms with Crippen LogP contribution >= 0.6 is 11.8 Å². The SMILES string of the molecule is C#CC(C)NC(CN)CCSCC. The summed E-state index contributed by atoms with van der Waals surface area (Å²) in [5.41, 5.74) is 5.62. The van der Waals surface area contributed by atoms with Gasteiger partial charge >= 0.3 is 0 Å². The molecule has 0 spiro atoms. The molecule has 0 heterocycles. The van der Waals surface area contributed by atoms with Gasteiger partial charge in [-0.05, 0) is 24.9 Å². The Morgan fingerprint density at radius 1 is 1.62 bits per heavy atom. The van der Waals surface area contributed by atoms with Gasteiger partial charge in [0.25, 0.3) is 0 Å². The number of thioether (sulfide) groups is 1. The molecule has 2 unspecified atom stereocenters. The summed E-state index contributed by atoms with van der Waals surface area (Å²) in [6.45, 7) is 4.81. The Hall–Kier alpha value is -0.170. The van der Waals surface area contributed by atoms with E-state index in [9.17, 15) is 0 Å². The van der Waals surface area contributed by atoms with Crippen LogP contribution in [0, 0.1) is 12.3 Å². The zero-order valence-electron chi connectivity index (χ0n) is 8.55. The van der Waals surface area contributed by atoms with Crippen molar-refractivity contribution in [2.75, 3.05) is 18.1 Å². The van der Waals surface area contributed by atoms with Gasteiger partial charge in [-0.3, -0.25) is 5.32 Å². The van der Waals surface area contributed by atoms with Gasteiger partial charge in [0, 0.05) is 12.6 Å². The number of nitrogens with two attached hydrogens (primary N) is 1. The van der Waals surface area contributed by atoms with Crippen LogP contribution in [0.5, 0.6) is 0 Å². The molecule has 0 rings (SSSR count). The highest BCUT2D eigenvalue weighted by Gasteiger charge is 2.07. The number of terminal acetylenes is 1. The second kappa shape index (κ2) is 8.43. The van der Waals surface area contributed by atoms with Crippen molar-refractivity contribution in [2.45, 2.75) is 32.4 Å². The minimum atomic E-state index is 0.125. The quantitative estimate of drug-likeness (QED) is 0.477. The molecule has 76 valence electrons. The van der Waals surface area contributed by atoms with Crippen LogP contribution < -0.4 is 11.1 Å². The predicted octanol–water partition coefficient (Wildman–Crippen LogP) is 1.07. The Morgan fingerprint density at radius 3 is 2.77 bits per heavy atom. The van der Waals surface area contributed by atoms with Gasteiger partial charge in [-0.15, -0.1) is 6.42 Å². The fraction of sp³-hybridized carbons (Fsp3) is 0.800. The lowest BCUT2D eigenvalue weighted by Crippen LogP contribution is -2.41. The van der Waals surface area contributed by atoms with E-state index in [-0.39, 0.29) is 6.04 Å². The van der Waals surface area contributed by atoms with Gasteiger partial charge in [0.2, 0.25) is 0 Å². The standard InChI is InChI=1S/C10H20N2S/c1-4-9(3)12-10(8-11)6-7-13-5-2/h1,9-10,12H,5-8,11H2,2-3H3. The lowest BCUT2D eigenvalue weighted by molar-refractivity contribution is 0.489. The maximum Gasteiger partial charge on any atom is 0.0660 e. The molecular formula is C10H20N2S. The summed E-state index contributed by atoms with van der Waals surface area (Å²) < 4.78 is 0. The molecule has 0 saturated carbocycles. The molecule has 0 aromatic rings. The van der Waals surface area contributed by atoms with Crippen LogP contribution in [0.3, 0.4) is 0 Å². The van der Waals surface area contributed by atoms with Gasteiger partial charge in [-0.1, -0.05) is 12.8 Å². The van der Waals surface area contributed by atoms with E-state index in [1.807, 2.05) is 18.7 Å². The Morgan fingerprint density at radius 2 is 2.31 bits per heavy atom. The van der Waals surface area contributed by atoms with Gasteiger partial charge in [-0.25, -0.2) is 0 Å².